The van der Waals surface area contributed by atoms with Crippen LogP contribution in [0.5, 0.6) is 0 Å². The Kier molecular flexibility index (Phi) is 4.43. The van der Waals surface area contributed by atoms with Crippen molar-refractivity contribution in [1.29, 1.82) is 0 Å². The molecule has 1 aliphatic rings. The van der Waals surface area contributed by atoms with E-state index in [2.05, 4.69) is 21.2 Å². The SMILES string of the molecule is O=C(CC(F)(F)F)NCC1CCCC1Br. The van der Waals surface area contributed by atoms with E-state index in [-0.39, 0.29) is 5.92 Å². The molecule has 88 valence electrons. The van der Waals surface area contributed by atoms with Gasteiger partial charge in [-0.15, -0.1) is 0 Å². The summed E-state index contributed by atoms with van der Waals surface area (Å²) in [6.07, 6.45) is -2.74. The fourth-order valence-electron chi connectivity index (χ4n) is 1.71. The van der Waals surface area contributed by atoms with Crippen molar-refractivity contribution in [3.8, 4) is 0 Å². The maximum atomic E-state index is 11.8. The van der Waals surface area contributed by atoms with Gasteiger partial charge in [0.25, 0.3) is 0 Å². The Morgan fingerprint density at radius 3 is 2.53 bits per heavy atom. The lowest BCUT2D eigenvalue weighted by atomic mass is 10.1. The summed E-state index contributed by atoms with van der Waals surface area (Å²) in [7, 11) is 0. The van der Waals surface area contributed by atoms with E-state index in [1.807, 2.05) is 0 Å². The molecule has 6 heteroatoms. The van der Waals surface area contributed by atoms with Crippen molar-refractivity contribution in [2.75, 3.05) is 6.54 Å². The number of carbonyl (C=O) groups excluding carboxylic acids is 1. The quantitative estimate of drug-likeness (QED) is 0.795. The first-order valence-electron chi connectivity index (χ1n) is 4.86. The molecule has 1 aliphatic carbocycles. The van der Waals surface area contributed by atoms with Crippen LogP contribution in [-0.4, -0.2) is 23.5 Å². The summed E-state index contributed by atoms with van der Waals surface area (Å²) in [5.41, 5.74) is 0. The van der Waals surface area contributed by atoms with Crippen LogP contribution in [0.25, 0.3) is 0 Å². The predicted octanol–water partition coefficient (Wildman–Crippen LogP) is 2.62. The second-order valence-electron chi connectivity index (χ2n) is 3.80. The molecule has 0 heterocycles. The van der Waals surface area contributed by atoms with E-state index in [1.165, 1.54) is 0 Å². The van der Waals surface area contributed by atoms with Gasteiger partial charge in [-0.1, -0.05) is 22.4 Å². The van der Waals surface area contributed by atoms with E-state index in [0.717, 1.165) is 19.3 Å². The maximum absolute atomic E-state index is 11.8. The molecule has 1 saturated carbocycles. The fraction of sp³-hybridized carbons (Fsp3) is 0.889. The monoisotopic (exact) mass is 287 g/mol. The van der Waals surface area contributed by atoms with Crippen LogP contribution in [0.1, 0.15) is 25.7 Å². The van der Waals surface area contributed by atoms with Crippen LogP contribution in [-0.2, 0) is 4.79 Å². The molecule has 2 nitrogen and oxygen atoms in total. The molecular formula is C9H13BrF3NO. The average Bonchev–Trinajstić information content (AvgIpc) is 2.44. The lowest BCUT2D eigenvalue weighted by Gasteiger charge is -2.15. The topological polar surface area (TPSA) is 29.1 Å². The third-order valence-electron chi connectivity index (χ3n) is 2.49. The van der Waals surface area contributed by atoms with Gasteiger partial charge in [0.15, 0.2) is 0 Å². The summed E-state index contributed by atoms with van der Waals surface area (Å²) in [5, 5.41) is 2.32. The molecule has 0 radical (unpaired) electrons. The number of halogens is 4. The lowest BCUT2D eigenvalue weighted by Crippen LogP contribution is -2.33. The van der Waals surface area contributed by atoms with Gasteiger partial charge in [-0.2, -0.15) is 13.2 Å². The molecular weight excluding hydrogens is 275 g/mol. The third-order valence-corrected chi connectivity index (χ3v) is 3.69. The van der Waals surface area contributed by atoms with Crippen LogP contribution in [0.3, 0.4) is 0 Å². The zero-order valence-corrected chi connectivity index (χ0v) is 9.70. The van der Waals surface area contributed by atoms with Crippen LogP contribution in [0.2, 0.25) is 0 Å². The Labute approximate surface area is 94.7 Å². The first-order chi connectivity index (χ1) is 6.88. The zero-order chi connectivity index (χ0) is 11.5. The van der Waals surface area contributed by atoms with E-state index < -0.39 is 18.5 Å². The van der Waals surface area contributed by atoms with Crippen LogP contribution < -0.4 is 5.32 Å². The highest BCUT2D eigenvalue weighted by atomic mass is 79.9. The van der Waals surface area contributed by atoms with E-state index in [9.17, 15) is 18.0 Å². The largest absolute Gasteiger partial charge is 0.397 e. The summed E-state index contributed by atoms with van der Waals surface area (Å²) in [4.78, 5) is 11.2. The third kappa shape index (κ3) is 4.86. The van der Waals surface area contributed by atoms with Crippen LogP contribution >= 0.6 is 15.9 Å². The molecule has 1 fully saturated rings. The Balaban J connectivity index is 2.22. The van der Waals surface area contributed by atoms with E-state index in [0.29, 0.717) is 11.4 Å². The van der Waals surface area contributed by atoms with Gasteiger partial charge >= 0.3 is 6.18 Å². The molecule has 0 aromatic carbocycles. The Hall–Kier alpha value is -0.260. The van der Waals surface area contributed by atoms with Crippen molar-refractivity contribution in [3.05, 3.63) is 0 Å². The second-order valence-corrected chi connectivity index (χ2v) is 4.98. The maximum Gasteiger partial charge on any atom is 0.397 e. The van der Waals surface area contributed by atoms with Gasteiger partial charge in [-0.25, -0.2) is 0 Å². The molecule has 0 aromatic rings. The van der Waals surface area contributed by atoms with Crippen molar-refractivity contribution >= 4 is 21.8 Å². The highest BCUT2D eigenvalue weighted by molar-refractivity contribution is 9.09. The highest BCUT2D eigenvalue weighted by Gasteiger charge is 2.32. The number of hydrogen-bond acceptors (Lipinski definition) is 1. The summed E-state index contributed by atoms with van der Waals surface area (Å²) in [6.45, 7) is 0.338. The number of rotatable bonds is 3. The Morgan fingerprint density at radius 2 is 2.07 bits per heavy atom. The molecule has 15 heavy (non-hydrogen) atoms. The van der Waals surface area contributed by atoms with Crippen LogP contribution in [0.4, 0.5) is 13.2 Å². The van der Waals surface area contributed by atoms with E-state index in [1.54, 1.807) is 0 Å². The van der Waals surface area contributed by atoms with Gasteiger partial charge in [-0.3, -0.25) is 4.79 Å². The smallest absolute Gasteiger partial charge is 0.355 e. The van der Waals surface area contributed by atoms with Crippen molar-refractivity contribution in [3.63, 3.8) is 0 Å². The molecule has 2 unspecified atom stereocenters. The molecule has 0 saturated heterocycles. The van der Waals surface area contributed by atoms with Crippen molar-refractivity contribution in [2.24, 2.45) is 5.92 Å². The van der Waals surface area contributed by atoms with Gasteiger partial charge in [0, 0.05) is 11.4 Å². The average molecular weight is 288 g/mol. The normalized spacial score (nSPS) is 26.7. The Bertz CT molecular complexity index is 232. The second kappa shape index (κ2) is 5.18. The highest BCUT2D eigenvalue weighted by Crippen LogP contribution is 2.30. The molecule has 1 rings (SSSR count). The Morgan fingerprint density at radius 1 is 1.40 bits per heavy atom. The molecule has 0 spiro atoms. The minimum Gasteiger partial charge on any atom is -0.355 e. The van der Waals surface area contributed by atoms with Gasteiger partial charge in [0.1, 0.15) is 6.42 Å². The van der Waals surface area contributed by atoms with Crippen molar-refractivity contribution in [2.45, 2.75) is 36.7 Å². The lowest BCUT2D eigenvalue weighted by molar-refractivity contribution is -0.153. The zero-order valence-electron chi connectivity index (χ0n) is 8.11. The molecule has 0 aromatic heterocycles. The standard InChI is InChI=1S/C9H13BrF3NO/c10-7-3-1-2-6(7)5-14-8(15)4-9(11,12)13/h6-7H,1-5H2,(H,14,15). The molecule has 0 bridgehead atoms. The minimum atomic E-state index is -4.41. The van der Waals surface area contributed by atoms with Gasteiger partial charge in [-0.05, 0) is 18.8 Å². The number of alkyl halides is 4. The van der Waals surface area contributed by atoms with Gasteiger partial charge in [0.2, 0.25) is 5.91 Å². The predicted molar refractivity (Wildman–Crippen MR) is 53.7 cm³/mol. The number of nitrogens with one attached hydrogen (secondary N) is 1. The molecule has 0 aliphatic heterocycles. The summed E-state index contributed by atoms with van der Waals surface area (Å²) >= 11 is 3.44. The molecule has 2 atom stereocenters. The van der Waals surface area contributed by atoms with Gasteiger partial charge < -0.3 is 5.32 Å². The summed E-state index contributed by atoms with van der Waals surface area (Å²) in [6, 6.07) is 0. The van der Waals surface area contributed by atoms with Crippen LogP contribution in [0, 0.1) is 5.92 Å². The number of hydrogen-bond donors (Lipinski definition) is 1. The summed E-state index contributed by atoms with van der Waals surface area (Å²) < 4.78 is 35.4. The van der Waals surface area contributed by atoms with Crippen molar-refractivity contribution in [1.82, 2.24) is 5.32 Å². The summed E-state index contributed by atoms with van der Waals surface area (Å²) in [5.74, 6) is -0.670. The molecule has 1 amide bonds. The first-order valence-corrected chi connectivity index (χ1v) is 5.77. The van der Waals surface area contributed by atoms with Crippen LogP contribution in [0.15, 0.2) is 0 Å². The van der Waals surface area contributed by atoms with E-state index >= 15 is 0 Å². The molecule has 1 N–H and O–H groups in total. The fourth-order valence-corrected chi connectivity index (χ4v) is 2.49. The first kappa shape index (κ1) is 12.8. The van der Waals surface area contributed by atoms with Gasteiger partial charge in [0.05, 0.1) is 0 Å². The van der Waals surface area contributed by atoms with Crippen molar-refractivity contribution < 1.29 is 18.0 Å². The number of amides is 1. The number of carbonyl (C=O) groups is 1. The van der Waals surface area contributed by atoms with E-state index in [4.69, 9.17) is 0 Å². The minimum absolute atomic E-state index is 0.266.